The van der Waals surface area contributed by atoms with Crippen molar-refractivity contribution in [3.8, 4) is 0 Å². The molecule has 0 spiro atoms. The molecule has 2 atom stereocenters. The maximum atomic E-state index is 5.56. The van der Waals surface area contributed by atoms with Crippen LogP contribution in [0.4, 0.5) is 5.13 Å². The largest absolute Gasteiger partial charge is 0.377 e. The number of nitrogens with two attached hydrogens (primary N) is 1. The number of nitrogens with zero attached hydrogens (tertiary/aromatic N) is 2. The molecule has 1 aromatic heterocycles. The van der Waals surface area contributed by atoms with E-state index in [0.717, 1.165) is 24.7 Å². The summed E-state index contributed by atoms with van der Waals surface area (Å²) in [5.74, 6) is 5.30. The minimum absolute atomic E-state index is 0.324. The van der Waals surface area contributed by atoms with Crippen LogP contribution in [0, 0.1) is 0 Å². The fraction of sp³-hybridized carbons (Fsp3) is 0.700. The lowest BCUT2D eigenvalue weighted by atomic mass is 10.1. The molecule has 0 bridgehead atoms. The number of nitrogens with one attached hydrogen (secondary N) is 1. The van der Waals surface area contributed by atoms with Gasteiger partial charge in [0, 0.05) is 30.3 Å². The van der Waals surface area contributed by atoms with Crippen LogP contribution in [0.25, 0.3) is 0 Å². The molecule has 16 heavy (non-hydrogen) atoms. The van der Waals surface area contributed by atoms with Crippen molar-refractivity contribution in [3.05, 3.63) is 11.1 Å². The third-order valence-electron chi connectivity index (χ3n) is 2.98. The van der Waals surface area contributed by atoms with Gasteiger partial charge in [-0.25, -0.2) is 10.8 Å². The van der Waals surface area contributed by atoms with Crippen molar-refractivity contribution in [2.45, 2.75) is 32.0 Å². The molecule has 1 aromatic rings. The van der Waals surface area contributed by atoms with E-state index in [1.165, 1.54) is 4.88 Å². The highest BCUT2D eigenvalue weighted by Crippen LogP contribution is 2.23. The third-order valence-corrected chi connectivity index (χ3v) is 3.90. The highest BCUT2D eigenvalue weighted by Gasteiger charge is 2.27. The van der Waals surface area contributed by atoms with Crippen molar-refractivity contribution in [2.75, 3.05) is 19.1 Å². The van der Waals surface area contributed by atoms with Crippen molar-refractivity contribution >= 4 is 16.5 Å². The summed E-state index contributed by atoms with van der Waals surface area (Å²) in [5, 5.41) is 0.763. The van der Waals surface area contributed by atoms with E-state index in [-0.39, 0.29) is 0 Å². The summed E-state index contributed by atoms with van der Waals surface area (Å²) in [7, 11) is 2.13. The van der Waals surface area contributed by atoms with Gasteiger partial charge >= 0.3 is 0 Å². The molecule has 5 nitrogen and oxygen atoms in total. The molecular weight excluding hydrogens is 224 g/mol. The van der Waals surface area contributed by atoms with Crippen LogP contribution in [-0.4, -0.2) is 35.7 Å². The van der Waals surface area contributed by atoms with E-state index in [4.69, 9.17) is 10.6 Å². The Hall–Kier alpha value is -0.690. The van der Waals surface area contributed by atoms with Gasteiger partial charge in [-0.05, 0) is 20.4 Å². The first-order chi connectivity index (χ1) is 7.70. The van der Waals surface area contributed by atoms with Gasteiger partial charge in [0.05, 0.1) is 6.10 Å². The molecule has 0 aromatic carbocycles. The van der Waals surface area contributed by atoms with Gasteiger partial charge in [0.15, 0.2) is 5.13 Å². The standard InChI is InChI=1S/C10H18N4OS/c1-7-9(3-4-15-7)14(2)6-8-5-12-10(13-11)16-8/h5,7,9H,3-4,6,11H2,1-2H3,(H,12,13). The van der Waals surface area contributed by atoms with E-state index in [1.54, 1.807) is 11.3 Å². The first-order valence-corrected chi connectivity index (χ1v) is 6.25. The maximum absolute atomic E-state index is 5.56. The van der Waals surface area contributed by atoms with Crippen LogP contribution in [0.5, 0.6) is 0 Å². The number of nitrogen functional groups attached to an aromatic ring is 1. The van der Waals surface area contributed by atoms with Crippen LogP contribution in [0.2, 0.25) is 0 Å². The summed E-state index contributed by atoms with van der Waals surface area (Å²) < 4.78 is 5.56. The van der Waals surface area contributed by atoms with E-state index in [2.05, 4.69) is 29.3 Å². The first-order valence-electron chi connectivity index (χ1n) is 5.44. The Morgan fingerprint density at radius 3 is 3.12 bits per heavy atom. The van der Waals surface area contributed by atoms with E-state index in [0.29, 0.717) is 12.1 Å². The van der Waals surface area contributed by atoms with Gasteiger partial charge in [-0.1, -0.05) is 11.3 Å². The van der Waals surface area contributed by atoms with Crippen LogP contribution in [-0.2, 0) is 11.3 Å². The van der Waals surface area contributed by atoms with Gasteiger partial charge in [-0.15, -0.1) is 0 Å². The minimum atomic E-state index is 0.324. The number of anilines is 1. The molecule has 3 N–H and O–H groups in total. The quantitative estimate of drug-likeness (QED) is 0.610. The second kappa shape index (κ2) is 5.09. The van der Waals surface area contributed by atoms with Gasteiger partial charge in [-0.3, -0.25) is 10.3 Å². The second-order valence-corrected chi connectivity index (χ2v) is 5.24. The predicted molar refractivity (Wildman–Crippen MR) is 65.2 cm³/mol. The Morgan fingerprint density at radius 2 is 2.56 bits per heavy atom. The van der Waals surface area contributed by atoms with Crippen molar-refractivity contribution < 1.29 is 4.74 Å². The van der Waals surface area contributed by atoms with Crippen LogP contribution >= 0.6 is 11.3 Å². The van der Waals surface area contributed by atoms with Crippen molar-refractivity contribution in [2.24, 2.45) is 5.84 Å². The third kappa shape index (κ3) is 2.52. The maximum Gasteiger partial charge on any atom is 0.197 e. The van der Waals surface area contributed by atoms with Crippen molar-refractivity contribution in [1.82, 2.24) is 9.88 Å². The summed E-state index contributed by atoms with van der Waals surface area (Å²) in [6.07, 6.45) is 3.31. The molecule has 0 amide bonds. The van der Waals surface area contributed by atoms with Crippen molar-refractivity contribution in [1.29, 1.82) is 0 Å². The Kier molecular flexibility index (Phi) is 3.75. The molecule has 2 rings (SSSR count). The Balaban J connectivity index is 1.93. The topological polar surface area (TPSA) is 63.4 Å². The molecule has 1 aliphatic rings. The van der Waals surface area contributed by atoms with E-state index in [1.807, 2.05) is 6.20 Å². The lowest BCUT2D eigenvalue weighted by molar-refractivity contribution is 0.0817. The van der Waals surface area contributed by atoms with E-state index >= 15 is 0 Å². The molecule has 6 heteroatoms. The lowest BCUT2D eigenvalue weighted by Gasteiger charge is -2.25. The Morgan fingerprint density at radius 1 is 1.75 bits per heavy atom. The number of thiazole rings is 1. The molecule has 2 unspecified atom stereocenters. The predicted octanol–water partition coefficient (Wildman–Crippen LogP) is 1.04. The zero-order valence-corrected chi connectivity index (χ0v) is 10.5. The number of rotatable bonds is 4. The van der Waals surface area contributed by atoms with Crippen LogP contribution in [0.3, 0.4) is 0 Å². The molecule has 1 fully saturated rings. The molecule has 2 heterocycles. The summed E-state index contributed by atoms with van der Waals surface area (Å²) in [6.45, 7) is 3.90. The highest BCUT2D eigenvalue weighted by molar-refractivity contribution is 7.15. The summed E-state index contributed by atoms with van der Waals surface area (Å²) in [4.78, 5) is 7.70. The summed E-state index contributed by atoms with van der Waals surface area (Å²) >= 11 is 1.59. The SMILES string of the molecule is CC1OCCC1N(C)Cc1cnc(NN)s1. The first kappa shape index (κ1) is 11.8. The number of ether oxygens (including phenoxy) is 1. The lowest BCUT2D eigenvalue weighted by Crippen LogP contribution is -2.35. The average molecular weight is 242 g/mol. The average Bonchev–Trinajstić information content (AvgIpc) is 2.86. The smallest absolute Gasteiger partial charge is 0.197 e. The Bertz CT molecular complexity index is 343. The number of hydrogen-bond donors (Lipinski definition) is 2. The van der Waals surface area contributed by atoms with E-state index in [9.17, 15) is 0 Å². The second-order valence-electron chi connectivity index (χ2n) is 4.12. The zero-order chi connectivity index (χ0) is 11.5. The minimum Gasteiger partial charge on any atom is -0.377 e. The van der Waals surface area contributed by atoms with Crippen LogP contribution in [0.15, 0.2) is 6.20 Å². The van der Waals surface area contributed by atoms with Gasteiger partial charge in [0.1, 0.15) is 0 Å². The van der Waals surface area contributed by atoms with Crippen molar-refractivity contribution in [3.63, 3.8) is 0 Å². The fourth-order valence-electron chi connectivity index (χ4n) is 2.11. The van der Waals surface area contributed by atoms with Crippen LogP contribution in [0.1, 0.15) is 18.2 Å². The molecule has 90 valence electrons. The summed E-state index contributed by atoms with van der Waals surface area (Å²) in [6, 6.07) is 0.511. The number of likely N-dealkylation sites (N-methyl/N-ethyl adjacent to an activating group) is 1. The van der Waals surface area contributed by atoms with Gasteiger partial charge in [0.2, 0.25) is 0 Å². The summed E-state index contributed by atoms with van der Waals surface area (Å²) in [5.41, 5.74) is 2.56. The number of hydrogen-bond acceptors (Lipinski definition) is 6. The fourth-order valence-corrected chi connectivity index (χ4v) is 2.90. The molecule has 0 saturated carbocycles. The molecular formula is C10H18N4OS. The molecule has 0 aliphatic carbocycles. The molecule has 0 radical (unpaired) electrons. The van der Waals surface area contributed by atoms with Crippen LogP contribution < -0.4 is 11.3 Å². The number of hydrazine groups is 1. The Labute approximate surface area is 99.6 Å². The molecule has 1 aliphatic heterocycles. The normalized spacial score (nSPS) is 25.2. The zero-order valence-electron chi connectivity index (χ0n) is 9.64. The van der Waals surface area contributed by atoms with Gasteiger partial charge < -0.3 is 4.74 Å². The van der Waals surface area contributed by atoms with Gasteiger partial charge in [0.25, 0.3) is 0 Å². The highest BCUT2D eigenvalue weighted by atomic mass is 32.1. The molecule has 1 saturated heterocycles. The van der Waals surface area contributed by atoms with Gasteiger partial charge in [-0.2, -0.15) is 0 Å². The number of aromatic nitrogens is 1. The monoisotopic (exact) mass is 242 g/mol. The van der Waals surface area contributed by atoms with E-state index < -0.39 is 0 Å².